The number of carbonyl (C=O) groups excluding carboxylic acids is 1. The number of nitrogens with zero attached hydrogens (tertiary/aromatic N) is 1. The number of rotatable bonds is 1. The monoisotopic (exact) mass is 366 g/mol. The Morgan fingerprint density at radius 1 is 0.960 bits per heavy atom. The number of nitrogens with one attached hydrogen (secondary N) is 1. The van der Waals surface area contributed by atoms with Crippen LogP contribution < -0.4 is 5.32 Å². The van der Waals surface area contributed by atoms with E-state index in [9.17, 15) is 19.0 Å². The number of aliphatic hydroxyl groups is 1. The number of hydrogen-bond donors (Lipinski definition) is 4. The second-order valence-electron chi connectivity index (χ2n) is 7.52. The molecule has 0 bridgehead atoms. The van der Waals surface area contributed by atoms with Gasteiger partial charge in [-0.1, -0.05) is 36.5 Å². The molecule has 1 saturated carbocycles. The van der Waals surface area contributed by atoms with Crippen molar-refractivity contribution in [1.29, 1.82) is 0 Å². The number of allylic oxidation sites excluding steroid dienone is 3. The van der Waals surface area contributed by atoms with Crippen LogP contribution in [0.25, 0.3) is 0 Å². The van der Waals surface area contributed by atoms with Gasteiger partial charge >= 0.3 is 0 Å². The molecule has 1 heterocycles. The molecule has 138 valence electrons. The zero-order valence-corrected chi connectivity index (χ0v) is 15.1. The van der Waals surface area contributed by atoms with Crippen LogP contribution in [0.3, 0.4) is 0 Å². The highest BCUT2D eigenvalue weighted by Gasteiger charge is 2.45. The van der Waals surface area contributed by atoms with Crippen molar-refractivity contribution in [3.63, 3.8) is 0 Å². The van der Waals surface area contributed by atoms with E-state index in [1.807, 2.05) is 0 Å². The van der Waals surface area contributed by atoms with Gasteiger partial charge in [-0.15, -0.1) is 4.40 Å². The average Bonchev–Trinajstić information content (AvgIpc) is 2.76. The molecule has 0 amide bonds. The van der Waals surface area contributed by atoms with Crippen molar-refractivity contribution in [3.8, 4) is 0 Å². The van der Waals surface area contributed by atoms with Gasteiger partial charge in [0.25, 0.3) is 0 Å². The Morgan fingerprint density at radius 3 is 2.40 bits per heavy atom. The molecule has 1 fully saturated rings. The Balaban J connectivity index is 1.69. The summed E-state index contributed by atoms with van der Waals surface area (Å²) in [5, 5.41) is 13.9. The fourth-order valence-corrected chi connectivity index (χ4v) is 6.03. The first-order valence-corrected chi connectivity index (χ1v) is 10.8. The molecular weight excluding hydrogens is 340 g/mol. The molecule has 4 aliphatic rings. The van der Waals surface area contributed by atoms with Crippen LogP contribution in [0.2, 0.25) is 0 Å². The number of aliphatic hydroxyl groups excluding tert-OH is 1. The minimum atomic E-state index is -3.26. The molecule has 6 nitrogen and oxygen atoms in total. The van der Waals surface area contributed by atoms with Crippen molar-refractivity contribution < 1.29 is 19.0 Å². The number of fused-ring (bicyclic) bond motifs is 1. The number of hydrogen-bond acceptors (Lipinski definition) is 6. The molecule has 0 aromatic heterocycles. The summed E-state index contributed by atoms with van der Waals surface area (Å²) in [6, 6.07) is 0. The number of Topliss-reactive ketones (excluding diaryl/α,β-unsaturated/α-hetero) is 1. The Hall–Kier alpha value is -1.31. The number of carbonyl (C=O) groups is 1. The van der Waals surface area contributed by atoms with Crippen molar-refractivity contribution in [2.75, 3.05) is 0 Å². The van der Waals surface area contributed by atoms with Crippen LogP contribution >= 0.6 is 10.8 Å². The van der Waals surface area contributed by atoms with Gasteiger partial charge in [-0.3, -0.25) is 13.9 Å². The van der Waals surface area contributed by atoms with Crippen molar-refractivity contribution in [1.82, 2.24) is 5.32 Å². The van der Waals surface area contributed by atoms with Crippen LogP contribution in [0.4, 0.5) is 0 Å². The topological polar surface area (TPSA) is 102 Å². The molecular formula is C18H26N2O4S. The summed E-state index contributed by atoms with van der Waals surface area (Å²) in [4.78, 5) is 13.5. The minimum absolute atomic E-state index is 0.0919. The summed E-state index contributed by atoms with van der Waals surface area (Å²) >= 11 is 0. The molecule has 0 spiro atoms. The molecule has 7 heteroatoms. The predicted molar refractivity (Wildman–Crippen MR) is 98.3 cm³/mol. The summed E-state index contributed by atoms with van der Waals surface area (Å²) in [5.41, 5.74) is 0.961. The van der Waals surface area contributed by atoms with Crippen LogP contribution in [0.1, 0.15) is 64.2 Å². The third kappa shape index (κ3) is 2.92. The lowest BCUT2D eigenvalue weighted by molar-refractivity contribution is -0.119. The summed E-state index contributed by atoms with van der Waals surface area (Å²) in [7, 11) is -3.26. The SMILES string of the molecule is O=C1C(C2=NS(O)(O)C3=C(CCCC3)N2)=C(O)C2CCCCCCC12. The van der Waals surface area contributed by atoms with E-state index in [4.69, 9.17) is 0 Å². The lowest BCUT2D eigenvalue weighted by Crippen LogP contribution is -2.34. The first-order chi connectivity index (χ1) is 12.0. The summed E-state index contributed by atoms with van der Waals surface area (Å²) in [6.07, 6.45) is 9.09. The van der Waals surface area contributed by atoms with Gasteiger partial charge in [0.2, 0.25) is 0 Å². The van der Waals surface area contributed by atoms with Crippen LogP contribution in [0, 0.1) is 11.8 Å². The molecule has 4 N–H and O–H groups in total. The Labute approximate surface area is 149 Å². The standard InChI is InChI=1S/C18H26N2O4S/c21-16-11-7-3-1-2-4-8-12(11)17(22)15(16)18-19-13-9-5-6-10-14(13)25(23,24)20-18/h11-12,21,23-24H,1-10H2,(H,19,20). The maximum atomic E-state index is 13.0. The molecule has 2 atom stereocenters. The predicted octanol–water partition coefficient (Wildman–Crippen LogP) is 4.42. The van der Waals surface area contributed by atoms with Crippen LogP contribution in [0.5, 0.6) is 0 Å². The largest absolute Gasteiger partial charge is 0.511 e. The number of amidine groups is 1. The zero-order chi connectivity index (χ0) is 17.6. The second-order valence-corrected chi connectivity index (χ2v) is 9.23. The molecule has 0 saturated heterocycles. The molecule has 1 aliphatic heterocycles. The normalized spacial score (nSPS) is 33.7. The molecule has 2 unspecified atom stereocenters. The lowest BCUT2D eigenvalue weighted by Gasteiger charge is -2.38. The molecule has 3 aliphatic carbocycles. The van der Waals surface area contributed by atoms with E-state index in [0.29, 0.717) is 11.3 Å². The van der Waals surface area contributed by atoms with Crippen LogP contribution in [-0.4, -0.2) is 25.8 Å². The van der Waals surface area contributed by atoms with Crippen molar-refractivity contribution in [2.45, 2.75) is 64.2 Å². The van der Waals surface area contributed by atoms with Crippen LogP contribution in [0.15, 0.2) is 26.3 Å². The highest BCUT2D eigenvalue weighted by Crippen LogP contribution is 2.56. The third-order valence-corrected chi connectivity index (χ3v) is 7.48. The summed E-state index contributed by atoms with van der Waals surface area (Å²) in [5.74, 6) is -0.169. The van der Waals surface area contributed by atoms with Gasteiger partial charge in [0, 0.05) is 17.5 Å². The average molecular weight is 366 g/mol. The molecule has 0 aromatic rings. The first kappa shape index (κ1) is 17.1. The van der Waals surface area contributed by atoms with E-state index in [0.717, 1.165) is 63.5 Å². The zero-order valence-electron chi connectivity index (χ0n) is 14.3. The maximum absolute atomic E-state index is 13.0. The van der Waals surface area contributed by atoms with Crippen molar-refractivity contribution >= 4 is 22.4 Å². The molecule has 0 radical (unpaired) electrons. The smallest absolute Gasteiger partial charge is 0.173 e. The lowest BCUT2D eigenvalue weighted by atomic mass is 9.83. The third-order valence-electron chi connectivity index (χ3n) is 5.93. The van der Waals surface area contributed by atoms with E-state index in [2.05, 4.69) is 9.71 Å². The van der Waals surface area contributed by atoms with Gasteiger partial charge in [0.05, 0.1) is 10.5 Å². The molecule has 0 aromatic carbocycles. The Bertz CT molecular complexity index is 695. The van der Waals surface area contributed by atoms with Crippen LogP contribution in [-0.2, 0) is 4.79 Å². The molecule has 4 rings (SSSR count). The molecule has 25 heavy (non-hydrogen) atoms. The van der Waals surface area contributed by atoms with Gasteiger partial charge in [-0.05, 0) is 38.5 Å². The van der Waals surface area contributed by atoms with E-state index in [1.165, 1.54) is 0 Å². The van der Waals surface area contributed by atoms with E-state index < -0.39 is 10.8 Å². The van der Waals surface area contributed by atoms with Gasteiger partial charge in [-0.2, -0.15) is 0 Å². The quantitative estimate of drug-likeness (QED) is 0.550. The second kappa shape index (κ2) is 6.45. The number of ketones is 1. The highest BCUT2D eigenvalue weighted by atomic mass is 32.3. The summed E-state index contributed by atoms with van der Waals surface area (Å²) < 4.78 is 25.0. The highest BCUT2D eigenvalue weighted by molar-refractivity contribution is 8.26. The van der Waals surface area contributed by atoms with E-state index >= 15 is 0 Å². The van der Waals surface area contributed by atoms with Gasteiger partial charge in [-0.25, -0.2) is 0 Å². The Kier molecular flexibility index (Phi) is 4.42. The minimum Gasteiger partial charge on any atom is -0.511 e. The van der Waals surface area contributed by atoms with Gasteiger partial charge in [0.15, 0.2) is 11.6 Å². The van der Waals surface area contributed by atoms with E-state index in [1.54, 1.807) is 0 Å². The fraction of sp³-hybridized carbons (Fsp3) is 0.667. The maximum Gasteiger partial charge on any atom is 0.173 e. The van der Waals surface area contributed by atoms with E-state index in [-0.39, 0.29) is 34.8 Å². The van der Waals surface area contributed by atoms with Crippen molar-refractivity contribution in [2.24, 2.45) is 16.2 Å². The fourth-order valence-electron chi connectivity index (χ4n) is 4.63. The van der Waals surface area contributed by atoms with Gasteiger partial charge in [0.1, 0.15) is 5.76 Å². The first-order valence-electron chi connectivity index (χ1n) is 9.34. The summed E-state index contributed by atoms with van der Waals surface area (Å²) in [6.45, 7) is 0. The van der Waals surface area contributed by atoms with Gasteiger partial charge < -0.3 is 10.4 Å². The Morgan fingerprint density at radius 2 is 1.64 bits per heavy atom. The van der Waals surface area contributed by atoms with Crippen molar-refractivity contribution in [3.05, 3.63) is 21.9 Å².